The van der Waals surface area contributed by atoms with E-state index in [1.807, 2.05) is 6.07 Å². The number of aryl methyl sites for hydroxylation is 1. The number of aliphatic hydroxyl groups is 1. The van der Waals surface area contributed by atoms with Crippen molar-refractivity contribution in [2.75, 3.05) is 13.2 Å². The first-order valence-electron chi connectivity index (χ1n) is 8.68. The number of aromatic amines is 1. The third-order valence-corrected chi connectivity index (χ3v) is 4.24. The van der Waals surface area contributed by atoms with Crippen LogP contribution in [0.1, 0.15) is 12.0 Å². The predicted molar refractivity (Wildman–Crippen MR) is 100.0 cm³/mol. The Morgan fingerprint density at radius 2 is 1.56 bits per heavy atom. The normalized spacial score (nSPS) is 10.8. The molecule has 3 N–H and O–H groups in total. The summed E-state index contributed by atoms with van der Waals surface area (Å²) in [5, 5.41) is 11.4. The van der Waals surface area contributed by atoms with E-state index in [1.165, 1.54) is 24.3 Å². The predicted octanol–water partition coefficient (Wildman–Crippen LogP) is 3.67. The fourth-order valence-corrected chi connectivity index (χ4v) is 2.89. The van der Waals surface area contributed by atoms with Crippen molar-refractivity contribution in [2.24, 2.45) is 0 Å². The summed E-state index contributed by atoms with van der Waals surface area (Å²) in [6.45, 7) is 0.114. The van der Waals surface area contributed by atoms with Crippen LogP contribution in [0, 0.1) is 11.6 Å². The maximum atomic E-state index is 13.3. The number of benzene rings is 2. The van der Waals surface area contributed by atoms with E-state index in [0.717, 1.165) is 28.1 Å². The number of hydrogen-bond donors (Lipinski definition) is 3. The van der Waals surface area contributed by atoms with Crippen LogP contribution in [0.5, 0.6) is 0 Å². The highest BCUT2D eigenvalue weighted by Crippen LogP contribution is 2.30. The van der Waals surface area contributed by atoms with E-state index >= 15 is 0 Å². The van der Waals surface area contributed by atoms with Crippen LogP contribution in [-0.4, -0.2) is 29.1 Å². The number of carbonyl (C=O) groups excluding carboxylic acids is 1. The van der Waals surface area contributed by atoms with Gasteiger partial charge in [-0.2, -0.15) is 0 Å². The zero-order chi connectivity index (χ0) is 19.2. The largest absolute Gasteiger partial charge is 0.395 e. The number of aliphatic hydroxyl groups excluding tert-OH is 1. The molecule has 1 amide bonds. The number of carbonyl (C=O) groups is 1. The van der Waals surface area contributed by atoms with E-state index in [0.29, 0.717) is 6.42 Å². The first-order chi connectivity index (χ1) is 13.1. The molecule has 2 aromatic carbocycles. The second-order valence-electron chi connectivity index (χ2n) is 6.17. The van der Waals surface area contributed by atoms with Gasteiger partial charge < -0.3 is 15.4 Å². The van der Waals surface area contributed by atoms with E-state index in [9.17, 15) is 13.6 Å². The molecular weight excluding hydrogens is 350 g/mol. The molecule has 0 unspecified atom stereocenters. The Hall–Kier alpha value is -2.99. The van der Waals surface area contributed by atoms with Crippen LogP contribution in [0.2, 0.25) is 0 Å². The van der Waals surface area contributed by atoms with Crippen molar-refractivity contribution >= 4 is 5.91 Å². The zero-order valence-corrected chi connectivity index (χ0v) is 14.6. The second-order valence-corrected chi connectivity index (χ2v) is 6.17. The van der Waals surface area contributed by atoms with E-state index in [1.54, 1.807) is 24.3 Å². The van der Waals surface area contributed by atoms with E-state index in [4.69, 9.17) is 5.11 Å². The van der Waals surface area contributed by atoms with Crippen LogP contribution in [0.25, 0.3) is 22.5 Å². The fraction of sp³-hybridized carbons (Fsp3) is 0.190. The summed E-state index contributed by atoms with van der Waals surface area (Å²) in [6.07, 6.45) is 0.733. The number of hydrogen-bond acceptors (Lipinski definition) is 2. The molecule has 0 aliphatic heterocycles. The summed E-state index contributed by atoms with van der Waals surface area (Å²) in [4.78, 5) is 15.2. The lowest BCUT2D eigenvalue weighted by atomic mass is 10.0. The third-order valence-electron chi connectivity index (χ3n) is 4.24. The monoisotopic (exact) mass is 370 g/mol. The molecule has 0 spiro atoms. The minimum atomic E-state index is -0.325. The molecule has 0 fully saturated rings. The Labute approximate surface area is 155 Å². The SMILES string of the molecule is O=C(CCc1cc(-c2ccc(F)cc2)[nH]c1-c1ccc(F)cc1)NCCO. The van der Waals surface area contributed by atoms with Crippen molar-refractivity contribution in [1.82, 2.24) is 10.3 Å². The Morgan fingerprint density at radius 1 is 0.963 bits per heavy atom. The lowest BCUT2D eigenvalue weighted by molar-refractivity contribution is -0.121. The number of nitrogens with one attached hydrogen (secondary N) is 2. The molecule has 0 bridgehead atoms. The fourth-order valence-electron chi connectivity index (χ4n) is 2.89. The molecule has 0 aliphatic rings. The van der Waals surface area contributed by atoms with Crippen molar-refractivity contribution in [3.8, 4) is 22.5 Å². The van der Waals surface area contributed by atoms with Gasteiger partial charge in [0.05, 0.1) is 6.61 Å². The number of rotatable bonds is 7. The molecule has 3 aromatic rings. The summed E-state index contributed by atoms with van der Waals surface area (Å²) in [6, 6.07) is 14.1. The van der Waals surface area contributed by atoms with Crippen LogP contribution in [0.15, 0.2) is 54.6 Å². The van der Waals surface area contributed by atoms with Gasteiger partial charge in [-0.25, -0.2) is 8.78 Å². The average Bonchev–Trinajstić information content (AvgIpc) is 3.10. The van der Waals surface area contributed by atoms with Gasteiger partial charge in [0.2, 0.25) is 5.91 Å². The van der Waals surface area contributed by atoms with Gasteiger partial charge in [0.15, 0.2) is 0 Å². The quantitative estimate of drug-likeness (QED) is 0.594. The average molecular weight is 370 g/mol. The zero-order valence-electron chi connectivity index (χ0n) is 14.6. The van der Waals surface area contributed by atoms with Gasteiger partial charge in [-0.15, -0.1) is 0 Å². The molecule has 4 nitrogen and oxygen atoms in total. The van der Waals surface area contributed by atoms with Gasteiger partial charge in [-0.05, 0) is 77.7 Å². The highest BCUT2D eigenvalue weighted by Gasteiger charge is 2.13. The third kappa shape index (κ3) is 4.80. The molecule has 1 heterocycles. The van der Waals surface area contributed by atoms with Crippen molar-refractivity contribution in [3.63, 3.8) is 0 Å². The smallest absolute Gasteiger partial charge is 0.220 e. The minimum Gasteiger partial charge on any atom is -0.395 e. The highest BCUT2D eigenvalue weighted by atomic mass is 19.1. The molecule has 1 aromatic heterocycles. The summed E-state index contributed by atoms with van der Waals surface area (Å²) in [5.41, 5.74) is 4.11. The Balaban J connectivity index is 1.90. The number of halogens is 2. The van der Waals surface area contributed by atoms with Gasteiger partial charge in [0.1, 0.15) is 11.6 Å². The van der Waals surface area contributed by atoms with Crippen LogP contribution in [0.3, 0.4) is 0 Å². The van der Waals surface area contributed by atoms with E-state index in [-0.39, 0.29) is 37.1 Å². The minimum absolute atomic E-state index is 0.106. The second kappa shape index (κ2) is 8.60. The van der Waals surface area contributed by atoms with E-state index in [2.05, 4.69) is 10.3 Å². The highest BCUT2D eigenvalue weighted by molar-refractivity contribution is 5.77. The van der Waals surface area contributed by atoms with Gasteiger partial charge in [0.25, 0.3) is 0 Å². The van der Waals surface area contributed by atoms with Crippen molar-refractivity contribution in [1.29, 1.82) is 0 Å². The molecule has 0 atom stereocenters. The Morgan fingerprint density at radius 3 is 2.15 bits per heavy atom. The molecule has 6 heteroatoms. The van der Waals surface area contributed by atoms with Gasteiger partial charge in [-0.3, -0.25) is 4.79 Å². The molecule has 0 radical (unpaired) electrons. The number of aromatic nitrogens is 1. The topological polar surface area (TPSA) is 65.1 Å². The standard InChI is InChI=1S/C21H20F2N2O2/c22-17-6-1-14(2-7-17)19-13-16(5-10-20(27)24-11-12-26)21(25-19)15-3-8-18(23)9-4-15/h1-4,6-9,13,25-26H,5,10-12H2,(H,24,27). The Bertz CT molecular complexity index is 903. The molecule has 27 heavy (non-hydrogen) atoms. The number of H-pyrrole nitrogens is 1. The molecular formula is C21H20F2N2O2. The van der Waals surface area contributed by atoms with Crippen molar-refractivity contribution < 1.29 is 18.7 Å². The molecule has 140 valence electrons. The number of amides is 1. The molecule has 3 rings (SSSR count). The van der Waals surface area contributed by atoms with Crippen LogP contribution in [-0.2, 0) is 11.2 Å². The molecule has 0 saturated heterocycles. The first-order valence-corrected chi connectivity index (χ1v) is 8.68. The summed E-state index contributed by atoms with van der Waals surface area (Å²) < 4.78 is 26.5. The summed E-state index contributed by atoms with van der Waals surface area (Å²) >= 11 is 0. The van der Waals surface area contributed by atoms with Gasteiger partial charge >= 0.3 is 0 Å². The summed E-state index contributed by atoms with van der Waals surface area (Å²) in [7, 11) is 0. The first kappa shape index (κ1) is 18.8. The molecule has 0 saturated carbocycles. The van der Waals surface area contributed by atoms with Crippen molar-refractivity contribution in [2.45, 2.75) is 12.8 Å². The Kier molecular flexibility index (Phi) is 5.98. The van der Waals surface area contributed by atoms with Crippen molar-refractivity contribution in [3.05, 3.63) is 71.8 Å². The van der Waals surface area contributed by atoms with E-state index < -0.39 is 0 Å². The van der Waals surface area contributed by atoms with Crippen LogP contribution < -0.4 is 5.32 Å². The van der Waals surface area contributed by atoms with Gasteiger partial charge in [-0.1, -0.05) is 0 Å². The van der Waals surface area contributed by atoms with Crippen LogP contribution in [0.4, 0.5) is 8.78 Å². The molecule has 0 aliphatic carbocycles. The maximum Gasteiger partial charge on any atom is 0.220 e. The lowest BCUT2D eigenvalue weighted by Gasteiger charge is -2.05. The maximum absolute atomic E-state index is 13.3. The van der Waals surface area contributed by atoms with Gasteiger partial charge in [0, 0.05) is 24.4 Å². The summed E-state index contributed by atoms with van der Waals surface area (Å²) in [5.74, 6) is -0.794. The van der Waals surface area contributed by atoms with Crippen LogP contribution >= 0.6 is 0 Å². The lowest BCUT2D eigenvalue weighted by Crippen LogP contribution is -2.26.